The molecule has 0 aliphatic carbocycles. The maximum absolute atomic E-state index is 4.80. The molecule has 2 heterocycles. The standard InChI is InChI=1S/C12H19N3S2/c1-4-9(10-13-6-7-16-10)14-11-15-12(3,5-2)8-17-11/h6-7,9H,4-5,8H2,1-3H3,(H,14,15). The average Bonchev–Trinajstić information content (AvgIpc) is 2.96. The topological polar surface area (TPSA) is 37.3 Å². The van der Waals surface area contributed by atoms with Gasteiger partial charge in [0.25, 0.3) is 0 Å². The van der Waals surface area contributed by atoms with E-state index in [-0.39, 0.29) is 11.6 Å². The van der Waals surface area contributed by atoms with E-state index in [0.717, 1.165) is 28.8 Å². The molecule has 2 atom stereocenters. The Morgan fingerprint density at radius 3 is 2.94 bits per heavy atom. The molecule has 94 valence electrons. The van der Waals surface area contributed by atoms with Crippen molar-refractivity contribution in [3.8, 4) is 0 Å². The van der Waals surface area contributed by atoms with Crippen molar-refractivity contribution in [1.82, 2.24) is 10.3 Å². The first-order valence-corrected chi connectivity index (χ1v) is 7.91. The van der Waals surface area contributed by atoms with Crippen molar-refractivity contribution in [2.45, 2.75) is 45.2 Å². The fourth-order valence-electron chi connectivity index (χ4n) is 1.68. The number of nitrogens with one attached hydrogen (secondary N) is 1. The first-order valence-electron chi connectivity index (χ1n) is 6.05. The van der Waals surface area contributed by atoms with Crippen LogP contribution in [-0.2, 0) is 0 Å². The van der Waals surface area contributed by atoms with Crippen LogP contribution >= 0.6 is 23.1 Å². The maximum atomic E-state index is 4.80. The molecule has 0 radical (unpaired) electrons. The Balaban J connectivity index is 2.09. The minimum absolute atomic E-state index is 0.212. The number of hydrogen-bond donors (Lipinski definition) is 1. The zero-order valence-corrected chi connectivity index (χ0v) is 12.2. The molecule has 1 aromatic rings. The molecule has 0 aromatic carbocycles. The monoisotopic (exact) mass is 269 g/mol. The summed E-state index contributed by atoms with van der Waals surface area (Å²) in [5.74, 6) is 1.11. The Kier molecular flexibility index (Phi) is 4.09. The van der Waals surface area contributed by atoms with Crippen molar-refractivity contribution in [1.29, 1.82) is 0 Å². The van der Waals surface area contributed by atoms with E-state index < -0.39 is 0 Å². The summed E-state index contributed by atoms with van der Waals surface area (Å²) in [5.41, 5.74) is 0.213. The highest BCUT2D eigenvalue weighted by Crippen LogP contribution is 2.29. The molecule has 1 saturated heterocycles. The Labute approximate surface area is 111 Å². The third-order valence-corrected chi connectivity index (χ3v) is 5.25. The molecule has 1 aliphatic heterocycles. The minimum Gasteiger partial charge on any atom is -0.359 e. The van der Waals surface area contributed by atoms with Gasteiger partial charge in [0.05, 0.1) is 0 Å². The highest BCUT2D eigenvalue weighted by molar-refractivity contribution is 8.14. The molecule has 1 aliphatic rings. The number of hydrogen-bond acceptors (Lipinski definition) is 4. The summed E-state index contributed by atoms with van der Waals surface area (Å²) in [6.45, 7) is 6.64. The molecule has 0 spiro atoms. The van der Waals surface area contributed by atoms with Crippen molar-refractivity contribution >= 4 is 28.3 Å². The first kappa shape index (κ1) is 12.9. The van der Waals surface area contributed by atoms with E-state index in [0.29, 0.717) is 0 Å². The predicted molar refractivity (Wildman–Crippen MR) is 76.9 cm³/mol. The number of amidine groups is 1. The Morgan fingerprint density at radius 1 is 1.59 bits per heavy atom. The van der Waals surface area contributed by atoms with Crippen LogP contribution in [-0.4, -0.2) is 21.4 Å². The van der Waals surface area contributed by atoms with E-state index >= 15 is 0 Å². The van der Waals surface area contributed by atoms with Crippen LogP contribution in [0.2, 0.25) is 0 Å². The lowest BCUT2D eigenvalue weighted by Gasteiger charge is -2.21. The van der Waals surface area contributed by atoms with Crippen LogP contribution in [0.1, 0.15) is 44.7 Å². The lowest BCUT2D eigenvalue weighted by molar-refractivity contribution is 0.465. The highest BCUT2D eigenvalue weighted by atomic mass is 32.2. The second-order valence-corrected chi connectivity index (χ2v) is 6.45. The minimum atomic E-state index is 0.212. The molecule has 17 heavy (non-hydrogen) atoms. The van der Waals surface area contributed by atoms with Gasteiger partial charge in [-0.3, -0.25) is 4.99 Å². The zero-order valence-electron chi connectivity index (χ0n) is 10.6. The van der Waals surface area contributed by atoms with Gasteiger partial charge in [-0.15, -0.1) is 11.3 Å². The van der Waals surface area contributed by atoms with Gasteiger partial charge in [0.2, 0.25) is 0 Å². The smallest absolute Gasteiger partial charge is 0.157 e. The van der Waals surface area contributed by atoms with Crippen LogP contribution in [0.15, 0.2) is 16.6 Å². The summed E-state index contributed by atoms with van der Waals surface area (Å²) in [6, 6.07) is 0.212. The highest BCUT2D eigenvalue weighted by Gasteiger charge is 2.31. The molecular formula is C12H19N3S2. The fraction of sp³-hybridized carbons (Fsp3) is 0.667. The molecule has 0 amide bonds. The SMILES string of the molecule is CCC(N=C1NC(C)(CC)CS1)c1nccs1. The van der Waals surface area contributed by atoms with E-state index in [9.17, 15) is 0 Å². The van der Waals surface area contributed by atoms with E-state index in [1.165, 1.54) is 0 Å². The van der Waals surface area contributed by atoms with Gasteiger partial charge in [-0.25, -0.2) is 4.98 Å². The molecular weight excluding hydrogens is 250 g/mol. The molecule has 0 saturated carbocycles. The average molecular weight is 269 g/mol. The van der Waals surface area contributed by atoms with Gasteiger partial charge >= 0.3 is 0 Å². The van der Waals surface area contributed by atoms with Gasteiger partial charge < -0.3 is 5.32 Å². The summed E-state index contributed by atoms with van der Waals surface area (Å²) in [7, 11) is 0. The first-order chi connectivity index (χ1) is 8.17. The molecule has 5 heteroatoms. The summed E-state index contributed by atoms with van der Waals surface area (Å²) < 4.78 is 0. The normalized spacial score (nSPS) is 28.3. The van der Waals surface area contributed by atoms with Gasteiger partial charge in [0.15, 0.2) is 5.17 Å². The van der Waals surface area contributed by atoms with Gasteiger partial charge in [-0.1, -0.05) is 25.6 Å². The molecule has 1 aromatic heterocycles. The Bertz CT molecular complexity index is 388. The second kappa shape index (κ2) is 5.40. The van der Waals surface area contributed by atoms with Crippen LogP contribution in [0.4, 0.5) is 0 Å². The maximum Gasteiger partial charge on any atom is 0.157 e. The van der Waals surface area contributed by atoms with Crippen molar-refractivity contribution in [2.24, 2.45) is 4.99 Å². The number of thioether (sulfide) groups is 1. The van der Waals surface area contributed by atoms with Gasteiger partial charge in [-0.2, -0.15) is 0 Å². The lowest BCUT2D eigenvalue weighted by atomic mass is 10.0. The molecule has 1 fully saturated rings. The van der Waals surface area contributed by atoms with E-state index in [2.05, 4.69) is 31.1 Å². The molecule has 0 bridgehead atoms. The van der Waals surface area contributed by atoms with Crippen LogP contribution in [0.25, 0.3) is 0 Å². The number of nitrogens with zero attached hydrogens (tertiary/aromatic N) is 2. The Morgan fingerprint density at radius 2 is 2.41 bits per heavy atom. The van der Waals surface area contributed by atoms with E-state index in [1.54, 1.807) is 11.3 Å². The molecule has 2 rings (SSSR count). The largest absolute Gasteiger partial charge is 0.359 e. The fourth-order valence-corrected chi connectivity index (χ4v) is 3.69. The summed E-state index contributed by atoms with van der Waals surface area (Å²) in [5, 5.41) is 7.75. The van der Waals surface area contributed by atoms with Crippen molar-refractivity contribution in [3.63, 3.8) is 0 Å². The second-order valence-electron chi connectivity index (χ2n) is 4.56. The van der Waals surface area contributed by atoms with Gasteiger partial charge in [0.1, 0.15) is 11.0 Å². The van der Waals surface area contributed by atoms with Crippen LogP contribution in [0.5, 0.6) is 0 Å². The zero-order chi connectivity index (χ0) is 12.3. The van der Waals surface area contributed by atoms with Crippen molar-refractivity contribution in [2.75, 3.05) is 5.75 Å². The number of aliphatic imine (C=N–C) groups is 1. The molecule has 3 nitrogen and oxygen atoms in total. The van der Waals surface area contributed by atoms with E-state index in [4.69, 9.17) is 4.99 Å². The third-order valence-electron chi connectivity index (χ3n) is 3.11. The summed E-state index contributed by atoms with van der Waals surface area (Å²) in [6.07, 6.45) is 3.99. The number of aromatic nitrogens is 1. The molecule has 1 N–H and O–H groups in total. The Hall–Kier alpha value is -0.550. The van der Waals surface area contributed by atoms with Crippen molar-refractivity contribution < 1.29 is 0 Å². The number of rotatable bonds is 4. The lowest BCUT2D eigenvalue weighted by Crippen LogP contribution is -2.39. The van der Waals surface area contributed by atoms with Crippen LogP contribution in [0, 0.1) is 0 Å². The van der Waals surface area contributed by atoms with E-state index in [1.807, 2.05) is 23.3 Å². The van der Waals surface area contributed by atoms with Crippen LogP contribution in [0.3, 0.4) is 0 Å². The summed E-state index contributed by atoms with van der Waals surface area (Å²) >= 11 is 3.52. The number of thiazole rings is 1. The van der Waals surface area contributed by atoms with Gasteiger partial charge in [0, 0.05) is 22.9 Å². The molecule has 2 unspecified atom stereocenters. The third kappa shape index (κ3) is 3.01. The van der Waals surface area contributed by atoms with Crippen molar-refractivity contribution in [3.05, 3.63) is 16.6 Å². The van der Waals surface area contributed by atoms with Crippen LogP contribution < -0.4 is 5.32 Å². The summed E-state index contributed by atoms with van der Waals surface area (Å²) in [4.78, 5) is 9.16. The van der Waals surface area contributed by atoms with Gasteiger partial charge in [-0.05, 0) is 19.8 Å². The predicted octanol–water partition coefficient (Wildman–Crippen LogP) is 3.46. The quantitative estimate of drug-likeness (QED) is 0.909.